The van der Waals surface area contributed by atoms with Crippen LogP contribution in [0.1, 0.15) is 69.6 Å². The highest BCUT2D eigenvalue weighted by molar-refractivity contribution is 5.67. The van der Waals surface area contributed by atoms with Crippen LogP contribution in [0.25, 0.3) is 11.5 Å². The van der Waals surface area contributed by atoms with E-state index in [1.165, 1.54) is 44.2 Å². The summed E-state index contributed by atoms with van der Waals surface area (Å²) in [4.78, 5) is 26.6. The highest BCUT2D eigenvalue weighted by Gasteiger charge is 2.23. The number of carboxylic acid groups (broad SMARTS) is 1. The predicted molar refractivity (Wildman–Crippen MR) is 93.6 cm³/mol. The number of hydrogen-bond donors (Lipinski definition) is 2. The zero-order chi connectivity index (χ0) is 18.4. The molecule has 1 aliphatic rings. The second-order valence-corrected chi connectivity index (χ2v) is 6.99. The first-order valence-corrected chi connectivity index (χ1v) is 9.23. The van der Waals surface area contributed by atoms with Crippen molar-refractivity contribution in [2.24, 2.45) is 5.92 Å². The molecule has 8 heteroatoms. The van der Waals surface area contributed by atoms with Crippen molar-refractivity contribution >= 4 is 5.97 Å². The van der Waals surface area contributed by atoms with Gasteiger partial charge in [-0.3, -0.25) is 9.59 Å². The number of nitrogens with zero attached hydrogens (tertiary/aromatic N) is 3. The zero-order valence-electron chi connectivity index (χ0n) is 14.7. The molecule has 2 N–H and O–H groups in total. The van der Waals surface area contributed by atoms with Crippen LogP contribution in [0.5, 0.6) is 0 Å². The fourth-order valence-electron chi connectivity index (χ4n) is 3.63. The van der Waals surface area contributed by atoms with Gasteiger partial charge in [-0.15, -0.1) is 0 Å². The minimum atomic E-state index is -0.880. The van der Waals surface area contributed by atoms with Crippen molar-refractivity contribution in [3.8, 4) is 11.5 Å². The van der Waals surface area contributed by atoms with Crippen molar-refractivity contribution in [2.45, 2.75) is 63.7 Å². The van der Waals surface area contributed by atoms with Gasteiger partial charge < -0.3 is 9.63 Å². The van der Waals surface area contributed by atoms with Crippen LogP contribution in [0, 0.1) is 5.92 Å². The SMILES string of the molecule is O=C(O)C[C@@H](CCCC1CCCCC1)c1nc(-c2ccc(=O)[nH]n2)no1. The Morgan fingerprint density at radius 3 is 2.81 bits per heavy atom. The van der Waals surface area contributed by atoms with Crippen LogP contribution in [-0.4, -0.2) is 31.4 Å². The lowest BCUT2D eigenvalue weighted by atomic mass is 9.84. The standard InChI is InChI=1S/C18H24N4O4/c23-15-10-9-14(20-21-15)17-19-18(26-22-17)13(11-16(24)25)8-4-7-12-5-2-1-3-6-12/h9-10,12-13H,1-8,11H2,(H,21,23)(H,24,25)/t13-/m1/s1. The topological polar surface area (TPSA) is 122 Å². The lowest BCUT2D eigenvalue weighted by Crippen LogP contribution is -2.10. The van der Waals surface area contributed by atoms with Crippen LogP contribution in [0.3, 0.4) is 0 Å². The van der Waals surface area contributed by atoms with Gasteiger partial charge in [-0.2, -0.15) is 10.1 Å². The maximum atomic E-state index is 11.2. The molecular weight excluding hydrogens is 336 g/mol. The monoisotopic (exact) mass is 360 g/mol. The zero-order valence-corrected chi connectivity index (χ0v) is 14.7. The van der Waals surface area contributed by atoms with Crippen LogP contribution in [0.15, 0.2) is 21.5 Å². The molecule has 8 nitrogen and oxygen atoms in total. The summed E-state index contributed by atoms with van der Waals surface area (Å²) in [5.74, 6) is 0.144. The average Bonchev–Trinajstić information content (AvgIpc) is 3.12. The van der Waals surface area contributed by atoms with Crippen LogP contribution in [0.4, 0.5) is 0 Å². The fourth-order valence-corrected chi connectivity index (χ4v) is 3.63. The maximum Gasteiger partial charge on any atom is 0.304 e. The molecule has 0 amide bonds. The van der Waals surface area contributed by atoms with E-state index in [1.54, 1.807) is 0 Å². The molecule has 0 bridgehead atoms. The Bertz CT molecular complexity index is 759. The summed E-state index contributed by atoms with van der Waals surface area (Å²) in [5.41, 5.74) is 0.0693. The number of hydrogen-bond acceptors (Lipinski definition) is 6. The van der Waals surface area contributed by atoms with E-state index in [1.807, 2.05) is 0 Å². The molecule has 26 heavy (non-hydrogen) atoms. The lowest BCUT2D eigenvalue weighted by molar-refractivity contribution is -0.137. The minimum absolute atomic E-state index is 0.0364. The smallest absolute Gasteiger partial charge is 0.304 e. The number of nitrogens with one attached hydrogen (secondary N) is 1. The third-order valence-corrected chi connectivity index (χ3v) is 5.01. The highest BCUT2D eigenvalue weighted by atomic mass is 16.5. The van der Waals surface area contributed by atoms with Crippen molar-refractivity contribution in [2.75, 3.05) is 0 Å². The van der Waals surface area contributed by atoms with Crippen molar-refractivity contribution in [1.82, 2.24) is 20.3 Å². The molecular formula is C18H24N4O4. The number of rotatable bonds is 8. The summed E-state index contributed by atoms with van der Waals surface area (Å²) in [6, 6.07) is 2.83. The summed E-state index contributed by atoms with van der Waals surface area (Å²) < 4.78 is 5.30. The molecule has 2 aromatic rings. The van der Waals surface area contributed by atoms with Gasteiger partial charge in [0.1, 0.15) is 5.69 Å². The molecule has 2 heterocycles. The summed E-state index contributed by atoms with van der Waals surface area (Å²) in [7, 11) is 0. The first kappa shape index (κ1) is 18.3. The number of aromatic amines is 1. The maximum absolute atomic E-state index is 11.2. The Kier molecular flexibility index (Phi) is 6.14. The van der Waals surface area contributed by atoms with E-state index in [2.05, 4.69) is 20.3 Å². The molecule has 1 saturated carbocycles. The Labute approximate surface area is 151 Å². The summed E-state index contributed by atoms with van der Waals surface area (Å²) >= 11 is 0. The second-order valence-electron chi connectivity index (χ2n) is 6.99. The van der Waals surface area contributed by atoms with E-state index in [9.17, 15) is 14.7 Å². The number of carbonyl (C=O) groups is 1. The lowest BCUT2D eigenvalue weighted by Gasteiger charge is -2.21. The third-order valence-electron chi connectivity index (χ3n) is 5.01. The minimum Gasteiger partial charge on any atom is -0.481 e. The summed E-state index contributed by atoms with van der Waals surface area (Å²) in [5, 5.41) is 19.3. The summed E-state index contributed by atoms with van der Waals surface area (Å²) in [6.07, 6.45) is 9.27. The number of carboxylic acids is 1. The van der Waals surface area contributed by atoms with E-state index in [-0.39, 0.29) is 23.7 Å². The molecule has 0 spiro atoms. The Hall–Kier alpha value is -2.51. The van der Waals surface area contributed by atoms with Crippen LogP contribution in [-0.2, 0) is 4.79 Å². The van der Waals surface area contributed by atoms with Crippen molar-refractivity contribution in [3.05, 3.63) is 28.4 Å². The second kappa shape index (κ2) is 8.73. The van der Waals surface area contributed by atoms with E-state index in [0.717, 1.165) is 18.8 Å². The van der Waals surface area contributed by atoms with E-state index in [0.29, 0.717) is 18.0 Å². The Morgan fingerprint density at radius 2 is 2.12 bits per heavy atom. The van der Waals surface area contributed by atoms with E-state index < -0.39 is 5.97 Å². The van der Waals surface area contributed by atoms with Crippen molar-refractivity contribution in [3.63, 3.8) is 0 Å². The normalized spacial score (nSPS) is 16.5. The molecule has 140 valence electrons. The quantitative estimate of drug-likeness (QED) is 0.741. The van der Waals surface area contributed by atoms with Gasteiger partial charge in [0, 0.05) is 12.0 Å². The molecule has 1 aliphatic carbocycles. The third kappa shape index (κ3) is 5.00. The van der Waals surface area contributed by atoms with Crippen molar-refractivity contribution in [1.29, 1.82) is 0 Å². The Balaban J connectivity index is 1.64. The van der Waals surface area contributed by atoms with Gasteiger partial charge in [-0.25, -0.2) is 5.10 Å². The van der Waals surface area contributed by atoms with Gasteiger partial charge in [-0.1, -0.05) is 50.1 Å². The van der Waals surface area contributed by atoms with Crippen LogP contribution in [0.2, 0.25) is 0 Å². The molecule has 0 aliphatic heterocycles. The number of H-pyrrole nitrogens is 1. The number of aromatic nitrogens is 4. The molecule has 1 atom stereocenters. The molecule has 0 unspecified atom stereocenters. The average molecular weight is 360 g/mol. The van der Waals surface area contributed by atoms with Gasteiger partial charge in [0.15, 0.2) is 0 Å². The van der Waals surface area contributed by atoms with Gasteiger partial charge in [-0.05, 0) is 18.4 Å². The van der Waals surface area contributed by atoms with Gasteiger partial charge in [0.05, 0.1) is 6.42 Å². The molecule has 1 fully saturated rings. The first-order chi connectivity index (χ1) is 12.6. The molecule has 3 rings (SSSR count). The van der Waals surface area contributed by atoms with Gasteiger partial charge in [0.25, 0.3) is 5.56 Å². The Morgan fingerprint density at radius 1 is 1.31 bits per heavy atom. The highest BCUT2D eigenvalue weighted by Crippen LogP contribution is 2.31. The largest absolute Gasteiger partial charge is 0.481 e. The number of aliphatic carboxylic acids is 1. The van der Waals surface area contributed by atoms with Crippen LogP contribution < -0.4 is 5.56 Å². The van der Waals surface area contributed by atoms with Crippen molar-refractivity contribution < 1.29 is 14.4 Å². The molecule has 0 aromatic carbocycles. The van der Waals surface area contributed by atoms with Gasteiger partial charge in [0.2, 0.25) is 11.7 Å². The summed E-state index contributed by atoms with van der Waals surface area (Å²) in [6.45, 7) is 0. The molecule has 2 aromatic heterocycles. The molecule has 0 radical (unpaired) electrons. The van der Waals surface area contributed by atoms with Gasteiger partial charge >= 0.3 is 5.97 Å². The van der Waals surface area contributed by atoms with E-state index in [4.69, 9.17) is 4.52 Å². The first-order valence-electron chi connectivity index (χ1n) is 9.23. The fraction of sp³-hybridized carbons (Fsp3) is 0.611. The molecule has 0 saturated heterocycles. The van der Waals surface area contributed by atoms with Crippen LogP contribution >= 0.6 is 0 Å². The predicted octanol–water partition coefficient (Wildman–Crippen LogP) is 3.13. The van der Waals surface area contributed by atoms with E-state index >= 15 is 0 Å².